The minimum absolute atomic E-state index is 0.00533. The first-order valence-electron chi connectivity index (χ1n) is 8.77. The van der Waals surface area contributed by atoms with Gasteiger partial charge in [0.1, 0.15) is 0 Å². The van der Waals surface area contributed by atoms with Gasteiger partial charge in [-0.25, -0.2) is 4.79 Å². The Hall–Kier alpha value is -1.18. The Balaban J connectivity index is 1.45. The molecule has 0 N–H and O–H groups in total. The summed E-state index contributed by atoms with van der Waals surface area (Å²) >= 11 is 12.0. The molecule has 1 amide bonds. The highest BCUT2D eigenvalue weighted by Crippen LogP contribution is 2.41. The summed E-state index contributed by atoms with van der Waals surface area (Å²) in [6.07, 6.45) is -5.72. The fourth-order valence-corrected chi connectivity index (χ4v) is 3.90. The maximum atomic E-state index is 12.5. The Morgan fingerprint density at radius 3 is 2.41 bits per heavy atom. The van der Waals surface area contributed by atoms with E-state index in [0.29, 0.717) is 23.1 Å². The summed E-state index contributed by atoms with van der Waals surface area (Å²) in [4.78, 5) is 15.5. The van der Waals surface area contributed by atoms with Gasteiger partial charge in [-0.1, -0.05) is 29.3 Å². The number of nitrogens with zero attached hydrogens (tertiary/aromatic N) is 2. The number of hydrogen-bond donors (Lipinski definition) is 0. The van der Waals surface area contributed by atoms with E-state index in [4.69, 9.17) is 23.2 Å². The monoisotopic (exact) mass is 424 g/mol. The first kappa shape index (κ1) is 20.6. The van der Waals surface area contributed by atoms with Crippen LogP contribution in [0, 0.1) is 5.41 Å². The van der Waals surface area contributed by atoms with Crippen molar-refractivity contribution in [2.75, 3.05) is 26.2 Å². The smallest absolute Gasteiger partial charge is 0.425 e. The van der Waals surface area contributed by atoms with E-state index in [0.717, 1.165) is 45.0 Å². The van der Waals surface area contributed by atoms with Crippen molar-refractivity contribution in [1.82, 2.24) is 9.80 Å². The molecule has 0 aromatic heterocycles. The van der Waals surface area contributed by atoms with Gasteiger partial charge in [-0.3, -0.25) is 4.90 Å². The lowest BCUT2D eigenvalue weighted by atomic mass is 9.72. The summed E-state index contributed by atoms with van der Waals surface area (Å²) in [6, 6.07) is 5.58. The fourth-order valence-electron chi connectivity index (χ4n) is 3.58. The summed E-state index contributed by atoms with van der Waals surface area (Å²) in [5.74, 6) is 0. The molecule has 1 aromatic rings. The number of carbonyl (C=O) groups excluding carboxylic acids is 1. The van der Waals surface area contributed by atoms with E-state index < -0.39 is 18.4 Å². The molecule has 3 rings (SSSR count). The van der Waals surface area contributed by atoms with Gasteiger partial charge in [-0.05, 0) is 50.6 Å². The van der Waals surface area contributed by atoms with Gasteiger partial charge in [0.05, 0.1) is 10.0 Å². The molecule has 2 heterocycles. The van der Waals surface area contributed by atoms with Crippen LogP contribution in [0.5, 0.6) is 0 Å². The molecule has 0 aliphatic carbocycles. The van der Waals surface area contributed by atoms with Gasteiger partial charge >= 0.3 is 12.3 Å². The van der Waals surface area contributed by atoms with Gasteiger partial charge in [0.15, 0.2) is 6.10 Å². The first-order valence-corrected chi connectivity index (χ1v) is 9.52. The molecule has 4 nitrogen and oxygen atoms in total. The van der Waals surface area contributed by atoms with E-state index >= 15 is 0 Å². The second kappa shape index (κ2) is 7.68. The fraction of sp³-hybridized carbons (Fsp3) is 0.611. The zero-order valence-electron chi connectivity index (χ0n) is 14.9. The highest BCUT2D eigenvalue weighted by Gasteiger charge is 2.48. The molecule has 2 saturated heterocycles. The Morgan fingerprint density at radius 1 is 1.22 bits per heavy atom. The van der Waals surface area contributed by atoms with Gasteiger partial charge in [0.2, 0.25) is 0 Å². The quantitative estimate of drug-likeness (QED) is 0.685. The molecule has 0 radical (unpaired) electrons. The van der Waals surface area contributed by atoms with Crippen LogP contribution in [0.1, 0.15) is 25.3 Å². The third-order valence-electron chi connectivity index (χ3n) is 5.36. The molecule has 1 aromatic carbocycles. The van der Waals surface area contributed by atoms with Crippen LogP contribution in [-0.2, 0) is 11.3 Å². The number of rotatable bonds is 3. The Labute approximate surface area is 166 Å². The number of alkyl halides is 3. The molecule has 2 aliphatic rings. The molecular weight excluding hydrogens is 404 g/mol. The number of carbonyl (C=O) groups is 1. The second-order valence-electron chi connectivity index (χ2n) is 7.45. The lowest BCUT2D eigenvalue weighted by Gasteiger charge is -2.53. The summed E-state index contributed by atoms with van der Waals surface area (Å²) < 4.78 is 42.0. The van der Waals surface area contributed by atoms with Crippen LogP contribution in [-0.4, -0.2) is 54.4 Å². The Bertz CT molecular complexity index is 698. The van der Waals surface area contributed by atoms with E-state index in [1.165, 1.54) is 4.90 Å². The largest absolute Gasteiger partial charge is 0.437 e. The molecule has 2 aliphatic heterocycles. The van der Waals surface area contributed by atoms with E-state index in [9.17, 15) is 18.0 Å². The van der Waals surface area contributed by atoms with Gasteiger partial charge in [0, 0.05) is 25.0 Å². The average Bonchev–Trinajstić information content (AvgIpc) is 2.56. The minimum Gasteiger partial charge on any atom is -0.437 e. The van der Waals surface area contributed by atoms with Gasteiger partial charge in [-0.15, -0.1) is 0 Å². The van der Waals surface area contributed by atoms with E-state index in [1.54, 1.807) is 6.07 Å². The van der Waals surface area contributed by atoms with Crippen molar-refractivity contribution in [2.24, 2.45) is 5.41 Å². The van der Waals surface area contributed by atoms with Crippen molar-refractivity contribution in [3.8, 4) is 0 Å². The molecule has 1 spiro atoms. The lowest BCUT2D eigenvalue weighted by Crippen LogP contribution is -2.62. The number of halogens is 5. The van der Waals surface area contributed by atoms with Crippen LogP contribution in [0.15, 0.2) is 18.2 Å². The standard InChI is InChI=1S/C18H21Cl2F3N2O2/c1-12(18(21,22)23)27-16(26)25-10-17(11-25)4-6-24(7-5-17)9-13-2-3-14(19)15(20)8-13/h2-3,8,12H,4-7,9-11H2,1H3. The van der Waals surface area contributed by atoms with Crippen molar-refractivity contribution in [3.05, 3.63) is 33.8 Å². The summed E-state index contributed by atoms with van der Waals surface area (Å²) in [5.41, 5.74) is 1.08. The first-order chi connectivity index (χ1) is 12.6. The molecule has 1 unspecified atom stereocenters. The van der Waals surface area contributed by atoms with Crippen molar-refractivity contribution in [2.45, 2.75) is 38.6 Å². The van der Waals surface area contributed by atoms with Crippen molar-refractivity contribution >= 4 is 29.3 Å². The second-order valence-corrected chi connectivity index (χ2v) is 8.26. The van der Waals surface area contributed by atoms with Crippen LogP contribution in [0.4, 0.5) is 18.0 Å². The van der Waals surface area contributed by atoms with Crippen LogP contribution < -0.4 is 0 Å². The van der Waals surface area contributed by atoms with Crippen molar-refractivity contribution in [3.63, 3.8) is 0 Å². The van der Waals surface area contributed by atoms with E-state index in [-0.39, 0.29) is 5.41 Å². The zero-order chi connectivity index (χ0) is 19.8. The highest BCUT2D eigenvalue weighted by atomic mass is 35.5. The number of piperidine rings is 1. The molecule has 0 saturated carbocycles. The molecule has 0 bridgehead atoms. The van der Waals surface area contributed by atoms with Crippen LogP contribution in [0.2, 0.25) is 10.0 Å². The van der Waals surface area contributed by atoms with Gasteiger partial charge < -0.3 is 9.64 Å². The van der Waals surface area contributed by atoms with Crippen molar-refractivity contribution < 1.29 is 22.7 Å². The van der Waals surface area contributed by atoms with Crippen LogP contribution in [0.3, 0.4) is 0 Å². The maximum Gasteiger partial charge on any atom is 0.425 e. The highest BCUT2D eigenvalue weighted by molar-refractivity contribution is 6.42. The number of hydrogen-bond acceptors (Lipinski definition) is 3. The van der Waals surface area contributed by atoms with E-state index in [1.807, 2.05) is 12.1 Å². The number of benzene rings is 1. The third-order valence-corrected chi connectivity index (χ3v) is 6.10. The van der Waals surface area contributed by atoms with E-state index in [2.05, 4.69) is 9.64 Å². The predicted octanol–water partition coefficient (Wildman–Crippen LogP) is 4.98. The number of ether oxygens (including phenoxy) is 1. The summed E-state index contributed by atoms with van der Waals surface area (Å²) in [7, 11) is 0. The number of amides is 1. The van der Waals surface area contributed by atoms with Crippen molar-refractivity contribution in [1.29, 1.82) is 0 Å². The molecular formula is C18H21Cl2F3N2O2. The third kappa shape index (κ3) is 4.81. The van der Waals surface area contributed by atoms with Gasteiger partial charge in [-0.2, -0.15) is 13.2 Å². The Morgan fingerprint density at radius 2 is 1.85 bits per heavy atom. The SMILES string of the molecule is CC(OC(=O)N1CC2(CCN(Cc3ccc(Cl)c(Cl)c3)CC2)C1)C(F)(F)F. The Kier molecular flexibility index (Phi) is 5.85. The normalized spacial score (nSPS) is 21.0. The summed E-state index contributed by atoms with van der Waals surface area (Å²) in [5, 5.41) is 1.06. The maximum absolute atomic E-state index is 12.5. The van der Waals surface area contributed by atoms with Gasteiger partial charge in [0.25, 0.3) is 0 Å². The number of likely N-dealkylation sites (tertiary alicyclic amines) is 2. The average molecular weight is 425 g/mol. The molecule has 9 heteroatoms. The molecule has 27 heavy (non-hydrogen) atoms. The minimum atomic E-state index is -4.53. The summed E-state index contributed by atoms with van der Waals surface area (Å²) in [6.45, 7) is 4.25. The molecule has 2 fully saturated rings. The topological polar surface area (TPSA) is 32.8 Å². The van der Waals surface area contributed by atoms with Crippen LogP contribution >= 0.6 is 23.2 Å². The molecule has 1 atom stereocenters. The molecule has 150 valence electrons. The lowest BCUT2D eigenvalue weighted by molar-refractivity contribution is -0.202. The predicted molar refractivity (Wildman–Crippen MR) is 97.0 cm³/mol. The zero-order valence-corrected chi connectivity index (χ0v) is 16.4. The van der Waals surface area contributed by atoms with Crippen LogP contribution in [0.25, 0.3) is 0 Å².